The summed E-state index contributed by atoms with van der Waals surface area (Å²) < 4.78 is 37.4. The Labute approximate surface area is 284 Å². The van der Waals surface area contributed by atoms with E-state index in [2.05, 4.69) is 0 Å². The molecule has 2 aliphatic rings. The second-order valence-corrected chi connectivity index (χ2v) is 11.1. The van der Waals surface area contributed by atoms with Gasteiger partial charge in [0.2, 0.25) is 5.78 Å². The molecule has 0 radical (unpaired) electrons. The molecule has 1 N–H and O–H groups in total. The SMILES string of the molecule is CC(=O)OC[C@H]1O[C@@H]([C@]2(OC(C)=O)C(=O)CC(=O)/C(=C(O)\C=C\c3ccc(OC(C)=O)cc3)C2=O)[C@H](OC(C)=O)[C@@H](OC(C)=O)[C@@H]1OC(C)=O. The fraction of sp³-hybridized carbons (Fsp3) is 0.424. The molecule has 17 nitrogen and oxygen atoms in total. The minimum atomic E-state index is -3.18. The van der Waals surface area contributed by atoms with Crippen LogP contribution in [-0.4, -0.2) is 101 Å². The molecule has 6 atom stereocenters. The third kappa shape index (κ3) is 9.04. The number of allylic oxidation sites excluding steroid dienone is 1. The Bertz CT molecular complexity index is 1650. The Morgan fingerprint density at radius 1 is 0.780 bits per heavy atom. The van der Waals surface area contributed by atoms with Crippen LogP contribution in [0.15, 0.2) is 41.7 Å². The van der Waals surface area contributed by atoms with E-state index < -0.39 is 114 Å². The minimum absolute atomic E-state index is 0.212. The highest BCUT2D eigenvalue weighted by atomic mass is 16.7. The van der Waals surface area contributed by atoms with Crippen LogP contribution in [0.4, 0.5) is 0 Å². The number of ketones is 3. The van der Waals surface area contributed by atoms with E-state index in [9.17, 15) is 48.3 Å². The van der Waals surface area contributed by atoms with Gasteiger partial charge in [0.1, 0.15) is 29.8 Å². The monoisotopic (exact) mass is 702 g/mol. The van der Waals surface area contributed by atoms with Gasteiger partial charge in [0.05, 0.1) is 6.42 Å². The number of aliphatic hydroxyl groups is 1. The van der Waals surface area contributed by atoms with Gasteiger partial charge in [-0.15, -0.1) is 0 Å². The topological polar surface area (TPSA) is 238 Å². The van der Waals surface area contributed by atoms with Crippen molar-refractivity contribution in [3.63, 3.8) is 0 Å². The van der Waals surface area contributed by atoms with Crippen molar-refractivity contribution in [3.05, 3.63) is 47.2 Å². The highest BCUT2D eigenvalue weighted by molar-refractivity contribution is 6.38. The standard InChI is InChI=1S/C33H34O17/c1-15(34)44-14-25-28(46-17(3)36)29(47-18(4)37)30(48-19(5)38)32(49-25)33(50-20(6)39)26(42)13-24(41)27(31(33)43)23(40)12-9-21-7-10-22(11-8-21)45-16(2)35/h7-12,25,28-30,32,40H,13-14H2,1-6H3/b12-9+,27-23-/t25-,28-,29+,30-,32-,33+/m1/s1. The van der Waals surface area contributed by atoms with Crippen molar-refractivity contribution >= 4 is 59.2 Å². The summed E-state index contributed by atoms with van der Waals surface area (Å²) in [6.45, 7) is 5.11. The Kier molecular flexibility index (Phi) is 12.5. The van der Waals surface area contributed by atoms with Crippen molar-refractivity contribution < 1.29 is 81.4 Å². The molecule has 0 amide bonds. The van der Waals surface area contributed by atoms with Gasteiger partial charge in [-0.05, 0) is 23.8 Å². The second kappa shape index (κ2) is 16.1. The number of aliphatic hydroxyl groups excluding tert-OH is 1. The van der Waals surface area contributed by atoms with Gasteiger partial charge < -0.3 is 38.3 Å². The zero-order valence-corrected chi connectivity index (χ0v) is 27.7. The number of esters is 6. The van der Waals surface area contributed by atoms with Crippen LogP contribution in [-0.2, 0) is 71.6 Å². The van der Waals surface area contributed by atoms with E-state index in [0.717, 1.165) is 40.7 Å². The van der Waals surface area contributed by atoms with Crippen LogP contribution < -0.4 is 4.74 Å². The number of rotatable bonds is 10. The van der Waals surface area contributed by atoms with Crippen molar-refractivity contribution in [2.75, 3.05) is 6.61 Å². The van der Waals surface area contributed by atoms with Crippen LogP contribution in [0.2, 0.25) is 0 Å². The first kappa shape index (κ1) is 38.7. The van der Waals surface area contributed by atoms with Crippen LogP contribution in [0.1, 0.15) is 53.5 Å². The smallest absolute Gasteiger partial charge is 0.308 e. The first-order valence-corrected chi connectivity index (χ1v) is 14.9. The van der Waals surface area contributed by atoms with E-state index >= 15 is 0 Å². The van der Waals surface area contributed by atoms with E-state index in [4.69, 9.17) is 33.2 Å². The molecule has 1 heterocycles. The van der Waals surface area contributed by atoms with Crippen LogP contribution in [0.25, 0.3) is 6.08 Å². The van der Waals surface area contributed by atoms with E-state index in [0.29, 0.717) is 5.56 Å². The summed E-state index contributed by atoms with van der Waals surface area (Å²) >= 11 is 0. The van der Waals surface area contributed by atoms with Crippen molar-refractivity contribution in [3.8, 4) is 5.75 Å². The fourth-order valence-electron chi connectivity index (χ4n) is 5.37. The van der Waals surface area contributed by atoms with Gasteiger partial charge in [-0.25, -0.2) is 0 Å². The molecule has 1 aliphatic heterocycles. The van der Waals surface area contributed by atoms with Crippen molar-refractivity contribution in [2.24, 2.45) is 0 Å². The molecule has 268 valence electrons. The maximum absolute atomic E-state index is 14.4. The zero-order chi connectivity index (χ0) is 37.5. The van der Waals surface area contributed by atoms with Gasteiger partial charge in [0, 0.05) is 41.5 Å². The van der Waals surface area contributed by atoms with Crippen molar-refractivity contribution in [1.29, 1.82) is 0 Å². The number of hydrogen-bond acceptors (Lipinski definition) is 17. The third-order valence-electron chi connectivity index (χ3n) is 7.11. The average molecular weight is 703 g/mol. The largest absolute Gasteiger partial charge is 0.507 e. The summed E-state index contributed by atoms with van der Waals surface area (Å²) in [6, 6.07) is 5.80. The summed E-state index contributed by atoms with van der Waals surface area (Å²) in [6.07, 6.45) is -8.47. The quantitative estimate of drug-likeness (QED) is 0.0680. The molecule has 0 spiro atoms. The summed E-state index contributed by atoms with van der Waals surface area (Å²) in [5.74, 6) is -10.7. The summed E-state index contributed by atoms with van der Waals surface area (Å²) in [5.41, 5.74) is -3.80. The molecule has 0 unspecified atom stereocenters. The molecule has 50 heavy (non-hydrogen) atoms. The minimum Gasteiger partial charge on any atom is -0.507 e. The van der Waals surface area contributed by atoms with Crippen LogP contribution >= 0.6 is 0 Å². The molecule has 3 rings (SSSR count). The maximum atomic E-state index is 14.4. The number of hydrogen-bond donors (Lipinski definition) is 1. The molecule has 1 saturated heterocycles. The van der Waals surface area contributed by atoms with Gasteiger partial charge in [-0.1, -0.05) is 18.2 Å². The van der Waals surface area contributed by atoms with E-state index in [1.807, 2.05) is 0 Å². The van der Waals surface area contributed by atoms with Crippen LogP contribution in [0.5, 0.6) is 5.75 Å². The first-order chi connectivity index (χ1) is 23.4. The van der Waals surface area contributed by atoms with Gasteiger partial charge in [0.15, 0.2) is 36.0 Å². The van der Waals surface area contributed by atoms with Crippen LogP contribution in [0, 0.1) is 0 Å². The Morgan fingerprint density at radius 2 is 1.34 bits per heavy atom. The lowest BCUT2D eigenvalue weighted by Crippen LogP contribution is -2.73. The van der Waals surface area contributed by atoms with E-state index in [1.165, 1.54) is 37.3 Å². The van der Waals surface area contributed by atoms with Gasteiger partial charge in [0.25, 0.3) is 5.60 Å². The number of ether oxygens (including phenoxy) is 7. The van der Waals surface area contributed by atoms with Gasteiger partial charge in [-0.3, -0.25) is 43.2 Å². The normalized spacial score (nSPS) is 26.0. The molecule has 2 fully saturated rings. The fourth-order valence-corrected chi connectivity index (χ4v) is 5.37. The molecule has 1 aromatic carbocycles. The number of benzene rings is 1. The molecule has 1 saturated carbocycles. The summed E-state index contributed by atoms with van der Waals surface area (Å²) in [5, 5.41) is 11.0. The molecule has 1 aromatic rings. The highest BCUT2D eigenvalue weighted by Gasteiger charge is 2.68. The highest BCUT2D eigenvalue weighted by Crippen LogP contribution is 2.41. The van der Waals surface area contributed by atoms with E-state index in [1.54, 1.807) is 0 Å². The Hall–Kier alpha value is -5.71. The molecule has 17 heteroatoms. The second-order valence-electron chi connectivity index (χ2n) is 11.1. The average Bonchev–Trinajstić information content (AvgIpc) is 2.99. The Balaban J connectivity index is 2.25. The predicted octanol–water partition coefficient (Wildman–Crippen LogP) is 0.976. The first-order valence-electron chi connectivity index (χ1n) is 14.9. The Morgan fingerprint density at radius 3 is 1.86 bits per heavy atom. The lowest BCUT2D eigenvalue weighted by molar-refractivity contribution is -0.276. The molecular formula is C33H34O17. The molecule has 0 bridgehead atoms. The summed E-state index contributed by atoms with van der Waals surface area (Å²) in [7, 11) is 0. The van der Waals surface area contributed by atoms with Crippen LogP contribution in [0.3, 0.4) is 0 Å². The van der Waals surface area contributed by atoms with Gasteiger partial charge >= 0.3 is 35.8 Å². The summed E-state index contributed by atoms with van der Waals surface area (Å²) in [4.78, 5) is 114. The van der Waals surface area contributed by atoms with E-state index in [-0.39, 0.29) is 5.75 Å². The zero-order valence-electron chi connectivity index (χ0n) is 27.7. The lowest BCUT2D eigenvalue weighted by Gasteiger charge is -2.49. The lowest BCUT2D eigenvalue weighted by atomic mass is 9.71. The number of Topliss-reactive ketones (excluding diaryl/α,β-unsaturated/α-hetero) is 3. The third-order valence-corrected chi connectivity index (χ3v) is 7.11. The van der Waals surface area contributed by atoms with Crippen molar-refractivity contribution in [1.82, 2.24) is 0 Å². The molecule has 0 aromatic heterocycles. The molecule has 1 aliphatic carbocycles. The number of carbonyl (C=O) groups is 9. The number of carbonyl (C=O) groups excluding carboxylic acids is 9. The molecular weight excluding hydrogens is 668 g/mol. The van der Waals surface area contributed by atoms with Gasteiger partial charge in [-0.2, -0.15) is 0 Å². The predicted molar refractivity (Wildman–Crippen MR) is 163 cm³/mol. The van der Waals surface area contributed by atoms with Crippen molar-refractivity contribution in [2.45, 2.75) is 84.1 Å². The maximum Gasteiger partial charge on any atom is 0.308 e.